The van der Waals surface area contributed by atoms with Crippen LogP contribution in [0.2, 0.25) is 0 Å². The molecule has 3 N–H and O–H groups in total. The minimum atomic E-state index is -0.272. The Bertz CT molecular complexity index is 1380. The Hall–Kier alpha value is -3.91. The maximum atomic E-state index is 13.1. The molecule has 1 saturated heterocycles. The van der Waals surface area contributed by atoms with E-state index < -0.39 is 0 Å². The van der Waals surface area contributed by atoms with Crippen LogP contribution >= 0.6 is 0 Å². The molecule has 2 amide bonds. The van der Waals surface area contributed by atoms with Crippen LogP contribution < -0.4 is 11.0 Å². The minimum absolute atomic E-state index is 0.0578. The zero-order valence-corrected chi connectivity index (χ0v) is 18.1. The van der Waals surface area contributed by atoms with Gasteiger partial charge in [-0.3, -0.25) is 14.5 Å². The number of hydrogen-bond donors (Lipinski definition) is 3. The first-order valence-electron chi connectivity index (χ1n) is 11.1. The number of hydrogen-bond acceptors (Lipinski definition) is 4. The number of aromatic amines is 2. The molecule has 33 heavy (non-hydrogen) atoms. The maximum absolute atomic E-state index is 13.1. The fraction of sp³-hybridized carbons (Fsp3) is 0.240. The smallest absolute Gasteiger partial charge is 0.323 e. The highest BCUT2D eigenvalue weighted by molar-refractivity contribution is 6.07. The number of piperazine rings is 1. The second kappa shape index (κ2) is 8.91. The number of imidazole rings is 1. The summed E-state index contributed by atoms with van der Waals surface area (Å²) in [6.07, 6.45) is 0.360. The van der Waals surface area contributed by atoms with Crippen LogP contribution in [0.5, 0.6) is 0 Å². The third kappa shape index (κ3) is 4.51. The van der Waals surface area contributed by atoms with Crippen molar-refractivity contribution < 1.29 is 9.59 Å². The number of fused-ring (bicyclic) bond motifs is 2. The van der Waals surface area contributed by atoms with E-state index in [0.29, 0.717) is 42.8 Å². The van der Waals surface area contributed by atoms with Gasteiger partial charge in [0.05, 0.1) is 11.0 Å². The Morgan fingerprint density at radius 1 is 0.879 bits per heavy atom. The zero-order valence-electron chi connectivity index (χ0n) is 18.1. The summed E-state index contributed by atoms with van der Waals surface area (Å²) in [5.74, 6) is -0.0242. The van der Waals surface area contributed by atoms with E-state index >= 15 is 0 Å². The number of nitrogens with zero attached hydrogens (tertiary/aromatic N) is 2. The molecule has 0 bridgehead atoms. The van der Waals surface area contributed by atoms with Gasteiger partial charge in [0, 0.05) is 50.4 Å². The number of amides is 2. The fourth-order valence-electron chi connectivity index (χ4n) is 4.35. The summed E-state index contributed by atoms with van der Waals surface area (Å²) in [6, 6.07) is 19.0. The first-order chi connectivity index (χ1) is 16.1. The van der Waals surface area contributed by atoms with Crippen molar-refractivity contribution in [2.45, 2.75) is 6.42 Å². The molecule has 1 aliphatic heterocycles. The predicted molar refractivity (Wildman–Crippen MR) is 128 cm³/mol. The number of H-pyrrole nitrogens is 2. The number of carbonyl (C=O) groups excluding carboxylic acids is 2. The molecular weight excluding hydrogens is 418 g/mol. The predicted octanol–water partition coefficient (Wildman–Crippen LogP) is 2.80. The molecule has 0 unspecified atom stereocenters. The van der Waals surface area contributed by atoms with Gasteiger partial charge in [0.1, 0.15) is 0 Å². The van der Waals surface area contributed by atoms with Crippen molar-refractivity contribution in [2.24, 2.45) is 0 Å². The molecule has 0 atom stereocenters. The number of anilines is 1. The molecule has 0 aliphatic carbocycles. The molecule has 0 saturated carbocycles. The van der Waals surface area contributed by atoms with Gasteiger partial charge >= 0.3 is 5.69 Å². The third-order valence-corrected chi connectivity index (χ3v) is 6.13. The number of benzene rings is 3. The summed E-state index contributed by atoms with van der Waals surface area (Å²) >= 11 is 0. The van der Waals surface area contributed by atoms with E-state index in [-0.39, 0.29) is 17.5 Å². The average molecular weight is 444 g/mol. The van der Waals surface area contributed by atoms with Crippen molar-refractivity contribution in [3.8, 4) is 0 Å². The van der Waals surface area contributed by atoms with Gasteiger partial charge in [0.25, 0.3) is 5.91 Å². The summed E-state index contributed by atoms with van der Waals surface area (Å²) in [5.41, 5.74) is 2.47. The van der Waals surface area contributed by atoms with Crippen LogP contribution in [0.25, 0.3) is 21.8 Å². The quantitative estimate of drug-likeness (QED) is 0.441. The highest BCUT2D eigenvalue weighted by Gasteiger charge is 2.23. The van der Waals surface area contributed by atoms with E-state index in [9.17, 15) is 14.4 Å². The van der Waals surface area contributed by atoms with Crippen LogP contribution in [-0.2, 0) is 4.79 Å². The molecule has 8 heteroatoms. The van der Waals surface area contributed by atoms with Crippen molar-refractivity contribution in [3.63, 3.8) is 0 Å². The van der Waals surface area contributed by atoms with Crippen LogP contribution in [0.3, 0.4) is 0 Å². The van der Waals surface area contributed by atoms with Gasteiger partial charge in [-0.1, -0.05) is 36.4 Å². The molecule has 1 aromatic heterocycles. The average Bonchev–Trinajstić information content (AvgIpc) is 3.21. The van der Waals surface area contributed by atoms with E-state index in [1.54, 1.807) is 18.2 Å². The van der Waals surface area contributed by atoms with Gasteiger partial charge in [-0.15, -0.1) is 0 Å². The molecule has 8 nitrogen and oxygen atoms in total. The molecule has 0 radical (unpaired) electrons. The second-order valence-corrected chi connectivity index (χ2v) is 8.30. The van der Waals surface area contributed by atoms with E-state index in [4.69, 9.17) is 0 Å². The first kappa shape index (κ1) is 21.0. The highest BCUT2D eigenvalue weighted by Crippen LogP contribution is 2.21. The largest absolute Gasteiger partial charge is 0.336 e. The second-order valence-electron chi connectivity index (χ2n) is 8.30. The van der Waals surface area contributed by atoms with Gasteiger partial charge in [0.2, 0.25) is 5.91 Å². The molecule has 1 aliphatic rings. The van der Waals surface area contributed by atoms with Crippen molar-refractivity contribution >= 4 is 39.3 Å². The Morgan fingerprint density at radius 2 is 1.64 bits per heavy atom. The van der Waals surface area contributed by atoms with Gasteiger partial charge in [-0.05, 0) is 35.0 Å². The van der Waals surface area contributed by atoms with Gasteiger partial charge in [0.15, 0.2) is 0 Å². The number of carbonyl (C=O) groups is 2. The number of aromatic nitrogens is 2. The molecular formula is C25H25N5O3. The normalized spacial score (nSPS) is 14.6. The molecule has 3 aromatic carbocycles. The Kier molecular flexibility index (Phi) is 5.66. The SMILES string of the molecule is O=C(CCN1CCN(C(=O)c2cccc3ccccc23)CC1)Nc1ccc2[nH]c(=O)[nH]c2c1. The Labute approximate surface area is 190 Å². The lowest BCUT2D eigenvalue weighted by Gasteiger charge is -2.34. The lowest BCUT2D eigenvalue weighted by Crippen LogP contribution is -2.49. The standard InChI is InChI=1S/C25H25N5O3/c31-23(26-18-8-9-21-22(16-18)28-25(33)27-21)10-11-29-12-14-30(15-13-29)24(32)20-7-3-5-17-4-1-2-6-19(17)20/h1-9,16H,10-15H2,(H,26,31)(H2,27,28,33). The monoisotopic (exact) mass is 443 g/mol. The van der Waals surface area contributed by atoms with Gasteiger partial charge in [-0.25, -0.2) is 4.79 Å². The van der Waals surface area contributed by atoms with E-state index in [1.165, 1.54) is 0 Å². The number of nitrogens with one attached hydrogen (secondary N) is 3. The van der Waals surface area contributed by atoms with Crippen molar-refractivity contribution in [2.75, 3.05) is 38.0 Å². The third-order valence-electron chi connectivity index (χ3n) is 6.13. The first-order valence-corrected chi connectivity index (χ1v) is 11.1. The van der Waals surface area contributed by atoms with Gasteiger partial charge < -0.3 is 20.2 Å². The molecule has 168 valence electrons. The van der Waals surface area contributed by atoms with E-state index in [1.807, 2.05) is 47.4 Å². The van der Waals surface area contributed by atoms with Crippen LogP contribution in [0.15, 0.2) is 65.5 Å². The van der Waals surface area contributed by atoms with Crippen LogP contribution in [0, 0.1) is 0 Å². The summed E-state index contributed by atoms with van der Waals surface area (Å²) in [7, 11) is 0. The van der Waals surface area contributed by atoms with Crippen molar-refractivity contribution in [1.29, 1.82) is 0 Å². The summed E-state index contributed by atoms with van der Waals surface area (Å²) in [6.45, 7) is 3.38. The Morgan fingerprint density at radius 3 is 2.48 bits per heavy atom. The summed E-state index contributed by atoms with van der Waals surface area (Å²) in [4.78, 5) is 46.3. The van der Waals surface area contributed by atoms with Crippen molar-refractivity contribution in [1.82, 2.24) is 19.8 Å². The summed E-state index contributed by atoms with van der Waals surface area (Å²) in [5, 5.41) is 4.92. The van der Waals surface area contributed by atoms with E-state index in [2.05, 4.69) is 20.2 Å². The number of rotatable bonds is 5. The van der Waals surface area contributed by atoms with Crippen LogP contribution in [-0.4, -0.2) is 64.3 Å². The molecule has 5 rings (SSSR count). The minimum Gasteiger partial charge on any atom is -0.336 e. The topological polar surface area (TPSA) is 101 Å². The van der Waals surface area contributed by atoms with Crippen LogP contribution in [0.4, 0.5) is 5.69 Å². The van der Waals surface area contributed by atoms with E-state index in [0.717, 1.165) is 29.4 Å². The molecule has 2 heterocycles. The highest BCUT2D eigenvalue weighted by atomic mass is 16.2. The lowest BCUT2D eigenvalue weighted by molar-refractivity contribution is -0.116. The maximum Gasteiger partial charge on any atom is 0.323 e. The molecule has 1 fully saturated rings. The summed E-state index contributed by atoms with van der Waals surface area (Å²) < 4.78 is 0. The molecule has 4 aromatic rings. The van der Waals surface area contributed by atoms with Crippen LogP contribution in [0.1, 0.15) is 16.8 Å². The molecule has 0 spiro atoms. The lowest BCUT2D eigenvalue weighted by atomic mass is 10.0. The van der Waals surface area contributed by atoms with Crippen molar-refractivity contribution in [3.05, 3.63) is 76.7 Å². The Balaban J connectivity index is 1.13. The fourth-order valence-corrected chi connectivity index (χ4v) is 4.35. The van der Waals surface area contributed by atoms with Gasteiger partial charge in [-0.2, -0.15) is 0 Å². The zero-order chi connectivity index (χ0) is 22.8.